The second-order valence-electron chi connectivity index (χ2n) is 10.4. The molecule has 1 N–H and O–H groups in total. The third-order valence-electron chi connectivity index (χ3n) is 7.20. The van der Waals surface area contributed by atoms with Gasteiger partial charge in [-0.05, 0) is 48.1 Å². The van der Waals surface area contributed by atoms with E-state index in [1.54, 1.807) is 18.2 Å². The van der Waals surface area contributed by atoms with Crippen LogP contribution in [0.2, 0.25) is 5.02 Å². The number of rotatable bonds is 5. The lowest BCUT2D eigenvalue weighted by atomic mass is 9.86. The molecule has 2 aromatic heterocycles. The topological polar surface area (TPSA) is 53.9 Å². The van der Waals surface area contributed by atoms with Crippen molar-refractivity contribution in [1.29, 1.82) is 0 Å². The molecule has 0 radical (unpaired) electrons. The molecular weight excluding hydrogens is 485 g/mol. The summed E-state index contributed by atoms with van der Waals surface area (Å²) < 4.78 is 14.9. The van der Waals surface area contributed by atoms with Crippen LogP contribution >= 0.6 is 11.6 Å². The van der Waals surface area contributed by atoms with Crippen molar-refractivity contribution < 1.29 is 4.39 Å². The van der Waals surface area contributed by atoms with Gasteiger partial charge in [0, 0.05) is 42.2 Å². The number of hydrogen-bond donors (Lipinski definition) is 1. The Labute approximate surface area is 223 Å². The van der Waals surface area contributed by atoms with Crippen molar-refractivity contribution in [3.8, 4) is 22.5 Å². The Kier molecular flexibility index (Phi) is 7.15. The Morgan fingerprint density at radius 3 is 2.32 bits per heavy atom. The normalized spacial score (nSPS) is 16.2. The molecule has 1 saturated heterocycles. The van der Waals surface area contributed by atoms with Gasteiger partial charge in [-0.1, -0.05) is 69.6 Å². The first kappa shape index (κ1) is 25.6. The van der Waals surface area contributed by atoms with Gasteiger partial charge in [0.05, 0.1) is 10.7 Å². The van der Waals surface area contributed by atoms with Crippen LogP contribution in [0.1, 0.15) is 57.6 Å². The molecule has 3 heterocycles. The first-order valence-corrected chi connectivity index (χ1v) is 13.4. The maximum Gasteiger partial charge on any atom is 0.161 e. The SMILES string of the molecule is CC(C)c1cccc(C(C)C)c1-c1nnc(N2CCNC[C@@H]2C)c2cc(Cl)c(-c3ccccc3F)nc12. The molecule has 5 rings (SSSR count). The number of nitrogens with zero attached hydrogens (tertiary/aromatic N) is 4. The number of aromatic nitrogens is 3. The Morgan fingerprint density at radius 2 is 1.68 bits per heavy atom. The van der Waals surface area contributed by atoms with Gasteiger partial charge >= 0.3 is 0 Å². The molecule has 192 valence electrons. The summed E-state index contributed by atoms with van der Waals surface area (Å²) in [4.78, 5) is 7.30. The zero-order chi connectivity index (χ0) is 26.3. The van der Waals surface area contributed by atoms with Crippen molar-refractivity contribution in [2.75, 3.05) is 24.5 Å². The van der Waals surface area contributed by atoms with E-state index in [9.17, 15) is 4.39 Å². The van der Waals surface area contributed by atoms with E-state index in [1.165, 1.54) is 17.2 Å². The molecule has 0 unspecified atom stereocenters. The summed E-state index contributed by atoms with van der Waals surface area (Å²) in [6, 6.07) is 15.1. The summed E-state index contributed by atoms with van der Waals surface area (Å²) in [5, 5.41) is 14.3. The average Bonchev–Trinajstić information content (AvgIpc) is 2.88. The molecule has 1 aliphatic heterocycles. The van der Waals surface area contributed by atoms with Crippen LogP contribution in [0.3, 0.4) is 0 Å². The van der Waals surface area contributed by atoms with Crippen LogP contribution in [0, 0.1) is 5.82 Å². The number of halogens is 2. The van der Waals surface area contributed by atoms with Crippen LogP contribution in [-0.2, 0) is 0 Å². The number of anilines is 1. The summed E-state index contributed by atoms with van der Waals surface area (Å²) in [5.74, 6) is 0.949. The molecule has 5 nitrogen and oxygen atoms in total. The van der Waals surface area contributed by atoms with Crippen LogP contribution in [0.25, 0.3) is 33.4 Å². The zero-order valence-electron chi connectivity index (χ0n) is 22.0. The van der Waals surface area contributed by atoms with Crippen molar-refractivity contribution in [1.82, 2.24) is 20.5 Å². The summed E-state index contributed by atoms with van der Waals surface area (Å²) in [5.41, 5.74) is 5.62. The molecule has 0 amide bonds. The Morgan fingerprint density at radius 1 is 0.973 bits per heavy atom. The third kappa shape index (κ3) is 4.69. The smallest absolute Gasteiger partial charge is 0.161 e. The van der Waals surface area contributed by atoms with Crippen molar-refractivity contribution in [3.63, 3.8) is 0 Å². The quantitative estimate of drug-likeness (QED) is 0.303. The fourth-order valence-electron chi connectivity index (χ4n) is 5.24. The lowest BCUT2D eigenvalue weighted by Gasteiger charge is -2.35. The molecule has 4 aromatic rings. The van der Waals surface area contributed by atoms with Crippen LogP contribution < -0.4 is 10.2 Å². The van der Waals surface area contributed by atoms with Crippen molar-refractivity contribution in [2.24, 2.45) is 0 Å². The maximum atomic E-state index is 14.9. The number of hydrogen-bond acceptors (Lipinski definition) is 5. The van der Waals surface area contributed by atoms with E-state index in [2.05, 4.69) is 63.0 Å². The van der Waals surface area contributed by atoms with Gasteiger partial charge in [0.2, 0.25) is 0 Å². The van der Waals surface area contributed by atoms with E-state index in [1.807, 2.05) is 6.07 Å². The number of fused-ring (bicyclic) bond motifs is 1. The number of nitrogens with one attached hydrogen (secondary N) is 1. The van der Waals surface area contributed by atoms with E-state index in [4.69, 9.17) is 26.8 Å². The highest BCUT2D eigenvalue weighted by atomic mass is 35.5. The van der Waals surface area contributed by atoms with Crippen LogP contribution in [-0.4, -0.2) is 40.9 Å². The molecule has 2 aromatic carbocycles. The highest BCUT2D eigenvalue weighted by Gasteiger charge is 2.27. The minimum Gasteiger partial charge on any atom is -0.349 e. The number of benzene rings is 2. The van der Waals surface area contributed by atoms with Gasteiger partial charge in [0.25, 0.3) is 0 Å². The highest BCUT2D eigenvalue weighted by molar-refractivity contribution is 6.34. The number of piperazine rings is 1. The first-order valence-electron chi connectivity index (χ1n) is 13.0. The largest absolute Gasteiger partial charge is 0.349 e. The minimum atomic E-state index is -0.360. The molecule has 7 heteroatoms. The number of pyridine rings is 1. The molecular formula is C30H33ClFN5. The summed E-state index contributed by atoms with van der Waals surface area (Å²) in [7, 11) is 0. The van der Waals surface area contributed by atoms with Gasteiger partial charge in [-0.15, -0.1) is 10.2 Å². The van der Waals surface area contributed by atoms with Gasteiger partial charge in [-0.2, -0.15) is 0 Å². The Balaban J connectivity index is 1.87. The van der Waals surface area contributed by atoms with Crippen LogP contribution in [0.5, 0.6) is 0 Å². The van der Waals surface area contributed by atoms with Gasteiger partial charge in [0.15, 0.2) is 5.82 Å². The van der Waals surface area contributed by atoms with E-state index in [0.717, 1.165) is 36.4 Å². The van der Waals surface area contributed by atoms with Gasteiger partial charge in [-0.3, -0.25) is 0 Å². The first-order chi connectivity index (χ1) is 17.8. The van der Waals surface area contributed by atoms with Crippen molar-refractivity contribution in [2.45, 2.75) is 52.5 Å². The van der Waals surface area contributed by atoms with Crippen LogP contribution in [0.15, 0.2) is 48.5 Å². The van der Waals surface area contributed by atoms with E-state index >= 15 is 0 Å². The fraction of sp³-hybridized carbons (Fsp3) is 0.367. The molecule has 1 aliphatic rings. The standard InChI is InChI=1S/C30H33ClFN5/c1-17(2)20-10-8-11-21(18(3)4)26(20)29-28-23(30(36-35-29)37-14-13-33-16-19(37)5)15-24(31)27(34-28)22-9-6-7-12-25(22)32/h6-12,15,17-19,33H,13-14,16H2,1-5H3/t19-/m0/s1. The highest BCUT2D eigenvalue weighted by Crippen LogP contribution is 2.41. The predicted molar refractivity (Wildman–Crippen MR) is 151 cm³/mol. The molecule has 1 atom stereocenters. The van der Waals surface area contributed by atoms with Crippen LogP contribution in [0.4, 0.5) is 10.2 Å². The summed E-state index contributed by atoms with van der Waals surface area (Å²) >= 11 is 6.81. The van der Waals surface area contributed by atoms with Crippen molar-refractivity contribution >= 4 is 28.3 Å². The molecule has 0 spiro atoms. The lowest BCUT2D eigenvalue weighted by Crippen LogP contribution is -2.50. The van der Waals surface area contributed by atoms with Gasteiger partial charge in [-0.25, -0.2) is 9.37 Å². The Hall–Kier alpha value is -3.09. The van der Waals surface area contributed by atoms with E-state index in [-0.39, 0.29) is 23.7 Å². The lowest BCUT2D eigenvalue weighted by molar-refractivity contribution is 0.497. The molecule has 0 aliphatic carbocycles. The van der Waals surface area contributed by atoms with E-state index in [0.29, 0.717) is 27.5 Å². The summed E-state index contributed by atoms with van der Waals surface area (Å²) in [6.07, 6.45) is 0. The molecule has 1 fully saturated rings. The van der Waals surface area contributed by atoms with E-state index < -0.39 is 0 Å². The predicted octanol–water partition coefficient (Wildman–Crippen LogP) is 7.20. The molecule has 37 heavy (non-hydrogen) atoms. The average molecular weight is 518 g/mol. The maximum absolute atomic E-state index is 14.9. The fourth-order valence-corrected chi connectivity index (χ4v) is 5.49. The summed E-state index contributed by atoms with van der Waals surface area (Å²) in [6.45, 7) is 13.4. The monoisotopic (exact) mass is 517 g/mol. The minimum absolute atomic E-state index is 0.233. The Bertz CT molecular complexity index is 1430. The van der Waals surface area contributed by atoms with Crippen molar-refractivity contribution in [3.05, 3.63) is 70.5 Å². The third-order valence-corrected chi connectivity index (χ3v) is 7.49. The molecule has 0 bridgehead atoms. The zero-order valence-corrected chi connectivity index (χ0v) is 22.8. The second kappa shape index (κ2) is 10.3. The van der Waals surface area contributed by atoms with Gasteiger partial charge < -0.3 is 10.2 Å². The van der Waals surface area contributed by atoms with Gasteiger partial charge in [0.1, 0.15) is 17.0 Å². The second-order valence-corrected chi connectivity index (χ2v) is 10.8. The molecule has 0 saturated carbocycles.